The fourth-order valence-electron chi connectivity index (χ4n) is 12.4. The molecule has 0 fully saturated rings. The number of carboxylic acid groups (broad SMARTS) is 1. The third-order valence-corrected chi connectivity index (χ3v) is 18.7. The highest BCUT2D eigenvalue weighted by atomic mass is 16.7. The molecule has 0 radical (unpaired) electrons. The lowest BCUT2D eigenvalue weighted by atomic mass is 10.0. The standard InChI is InChI=1S/C87H159NO8/c1-6-8-10-12-14-16-18-20-22-24-26-28-30-32-34-36-38-40-41-42-43-44-46-47-49-51-53-55-57-59-61-63-65-67-69-71-73-75-77-84(89)94-81-83(82-95-87(86(91)92)93-80-79-88(3,4)5)96-85(90)78-76-74-72-70-68-66-64-62-60-58-56-54-52-50-48-45-39-37-35-33-31-29-27-25-23-21-19-17-15-13-11-9-7-2/h9,11,15,17,21,23,27,29,33,35,39,45,83,87H,6-8,10,12-14,16,18-20,22,24-26,28,30-32,34,36-38,40-44,46-82H2,1-5H3/p+1/b11-9-,17-15-,23-21-,29-27-,35-33-,45-39-. The molecule has 0 aliphatic heterocycles. The second-order valence-corrected chi connectivity index (χ2v) is 29.4. The van der Waals surface area contributed by atoms with Crippen LogP contribution in [-0.4, -0.2) is 87.4 Å². The van der Waals surface area contributed by atoms with Crippen molar-refractivity contribution in [2.75, 3.05) is 47.5 Å². The van der Waals surface area contributed by atoms with E-state index in [1.807, 2.05) is 21.1 Å². The molecule has 0 aliphatic rings. The van der Waals surface area contributed by atoms with Crippen molar-refractivity contribution in [1.82, 2.24) is 0 Å². The molecule has 0 aromatic heterocycles. The van der Waals surface area contributed by atoms with Gasteiger partial charge in [0.15, 0.2) is 6.10 Å². The number of ether oxygens (including phenoxy) is 4. The van der Waals surface area contributed by atoms with Crippen LogP contribution in [0.15, 0.2) is 72.9 Å². The summed E-state index contributed by atoms with van der Waals surface area (Å²) in [7, 11) is 5.99. The van der Waals surface area contributed by atoms with Crippen molar-refractivity contribution in [2.45, 2.75) is 418 Å². The van der Waals surface area contributed by atoms with E-state index in [4.69, 9.17) is 18.9 Å². The molecule has 0 aliphatic carbocycles. The lowest BCUT2D eigenvalue weighted by Crippen LogP contribution is -2.40. The fourth-order valence-corrected chi connectivity index (χ4v) is 12.4. The molecule has 1 N–H and O–H groups in total. The van der Waals surface area contributed by atoms with Crippen LogP contribution in [0, 0.1) is 0 Å². The molecule has 560 valence electrons. The molecule has 0 aromatic rings. The molecule has 96 heavy (non-hydrogen) atoms. The van der Waals surface area contributed by atoms with Gasteiger partial charge in [-0.2, -0.15) is 0 Å². The van der Waals surface area contributed by atoms with Gasteiger partial charge in [0.05, 0.1) is 34.4 Å². The molecule has 0 bridgehead atoms. The Kier molecular flexibility index (Phi) is 74.8. The average Bonchev–Trinajstić information content (AvgIpc) is 2.40. The minimum absolute atomic E-state index is 0.179. The van der Waals surface area contributed by atoms with E-state index in [0.717, 1.165) is 77.0 Å². The summed E-state index contributed by atoms with van der Waals surface area (Å²) in [6.45, 7) is 4.83. The van der Waals surface area contributed by atoms with Crippen molar-refractivity contribution in [3.8, 4) is 0 Å². The number of unbranched alkanes of at least 4 members (excludes halogenated alkanes) is 51. The molecule has 0 aromatic carbocycles. The number of likely N-dealkylation sites (N-methyl/N-ethyl adjacent to an activating group) is 1. The molecule has 0 saturated carbocycles. The van der Waals surface area contributed by atoms with Gasteiger partial charge < -0.3 is 28.5 Å². The van der Waals surface area contributed by atoms with Crippen LogP contribution >= 0.6 is 0 Å². The van der Waals surface area contributed by atoms with Gasteiger partial charge in [0.25, 0.3) is 6.29 Å². The largest absolute Gasteiger partial charge is 0.477 e. The van der Waals surface area contributed by atoms with Crippen molar-refractivity contribution >= 4 is 17.9 Å². The number of quaternary nitrogens is 1. The zero-order valence-electron chi connectivity index (χ0n) is 64.3. The summed E-state index contributed by atoms with van der Waals surface area (Å²) >= 11 is 0. The monoisotopic (exact) mass is 1350 g/mol. The maximum Gasteiger partial charge on any atom is 0.361 e. The first-order chi connectivity index (χ1) is 47.1. The Bertz CT molecular complexity index is 1810. The van der Waals surface area contributed by atoms with Gasteiger partial charge in [-0.05, 0) is 64.2 Å². The summed E-state index contributed by atoms with van der Waals surface area (Å²) in [4.78, 5) is 37.8. The second kappa shape index (κ2) is 77.5. The molecule has 0 saturated heterocycles. The van der Waals surface area contributed by atoms with E-state index in [0.29, 0.717) is 17.4 Å². The molecule has 0 rings (SSSR count). The average molecular weight is 1350 g/mol. The predicted molar refractivity (Wildman–Crippen MR) is 415 cm³/mol. The summed E-state index contributed by atoms with van der Waals surface area (Å²) in [5, 5.41) is 9.78. The van der Waals surface area contributed by atoms with Crippen LogP contribution in [0.3, 0.4) is 0 Å². The Balaban J connectivity index is 3.96. The van der Waals surface area contributed by atoms with Crippen molar-refractivity contribution in [1.29, 1.82) is 0 Å². The maximum atomic E-state index is 13.0. The number of esters is 2. The van der Waals surface area contributed by atoms with E-state index in [2.05, 4.69) is 86.8 Å². The van der Waals surface area contributed by atoms with Crippen LogP contribution < -0.4 is 0 Å². The molecule has 2 unspecified atom stereocenters. The first-order valence-corrected chi connectivity index (χ1v) is 41.6. The Morgan fingerprint density at radius 1 is 0.323 bits per heavy atom. The Labute approximate surface area is 596 Å². The Morgan fingerprint density at radius 3 is 0.885 bits per heavy atom. The van der Waals surface area contributed by atoms with Gasteiger partial charge in [-0.1, -0.05) is 401 Å². The number of aliphatic carboxylic acids is 1. The summed E-state index contributed by atoms with van der Waals surface area (Å²) in [5.74, 6) is -1.98. The summed E-state index contributed by atoms with van der Waals surface area (Å²) in [6, 6.07) is 0. The first-order valence-electron chi connectivity index (χ1n) is 41.6. The molecular weight excluding hydrogens is 1190 g/mol. The number of nitrogens with zero attached hydrogens (tertiary/aromatic N) is 1. The molecule has 2 atom stereocenters. The summed E-state index contributed by atoms with van der Waals surface area (Å²) in [5.41, 5.74) is 0. The van der Waals surface area contributed by atoms with Crippen LogP contribution in [0.25, 0.3) is 0 Å². The van der Waals surface area contributed by atoms with E-state index >= 15 is 0 Å². The molecular formula is C87H160NO8+. The SMILES string of the molecule is CC/C=C\C/C=C\C/C=C\C/C=C\C/C=C\C/C=C\CCCCCCCCCCCCCCCCC(=O)OC(COC(=O)CCCCCCCCCCCCCCCCCCCCCCCCCCCCCCCCCCCCCCCC)COC(OCC[N+](C)(C)C)C(=O)O. The van der Waals surface area contributed by atoms with Crippen LogP contribution in [0.5, 0.6) is 0 Å². The van der Waals surface area contributed by atoms with Crippen LogP contribution in [0.4, 0.5) is 0 Å². The van der Waals surface area contributed by atoms with Gasteiger partial charge in [0.1, 0.15) is 13.2 Å². The Hall–Kier alpha value is -3.27. The van der Waals surface area contributed by atoms with E-state index < -0.39 is 18.4 Å². The minimum Gasteiger partial charge on any atom is -0.477 e. The first kappa shape index (κ1) is 92.7. The number of allylic oxidation sites excluding steroid dienone is 12. The molecule has 0 spiro atoms. The molecule has 0 heterocycles. The highest BCUT2D eigenvalue weighted by Gasteiger charge is 2.25. The number of hydrogen-bond acceptors (Lipinski definition) is 7. The molecule has 9 heteroatoms. The van der Waals surface area contributed by atoms with Gasteiger partial charge in [0.2, 0.25) is 0 Å². The summed E-state index contributed by atoms with van der Waals surface area (Å²) in [6.07, 6.45) is 102. The van der Waals surface area contributed by atoms with Gasteiger partial charge in [-0.3, -0.25) is 9.59 Å². The predicted octanol–water partition coefficient (Wildman–Crippen LogP) is 26.8. The van der Waals surface area contributed by atoms with Gasteiger partial charge in [-0.25, -0.2) is 4.79 Å². The number of hydrogen-bond donors (Lipinski definition) is 1. The van der Waals surface area contributed by atoms with Crippen molar-refractivity contribution in [3.05, 3.63) is 72.9 Å². The van der Waals surface area contributed by atoms with Gasteiger partial charge in [-0.15, -0.1) is 0 Å². The zero-order chi connectivity index (χ0) is 69.7. The van der Waals surface area contributed by atoms with Crippen molar-refractivity contribution in [2.24, 2.45) is 0 Å². The van der Waals surface area contributed by atoms with E-state index in [9.17, 15) is 19.5 Å². The van der Waals surface area contributed by atoms with E-state index in [1.54, 1.807) is 0 Å². The summed E-state index contributed by atoms with van der Waals surface area (Å²) < 4.78 is 23.1. The number of carbonyl (C=O) groups is 3. The lowest BCUT2D eigenvalue weighted by Gasteiger charge is -2.25. The van der Waals surface area contributed by atoms with Crippen LogP contribution in [0.1, 0.15) is 406 Å². The number of carboxylic acids is 1. The van der Waals surface area contributed by atoms with Crippen LogP contribution in [0.2, 0.25) is 0 Å². The molecule has 9 nitrogen and oxygen atoms in total. The zero-order valence-corrected chi connectivity index (χ0v) is 64.3. The number of rotatable bonds is 78. The van der Waals surface area contributed by atoms with Crippen molar-refractivity contribution in [3.63, 3.8) is 0 Å². The quantitative estimate of drug-likeness (QED) is 0.0211. The third-order valence-electron chi connectivity index (χ3n) is 18.7. The smallest absolute Gasteiger partial charge is 0.361 e. The van der Waals surface area contributed by atoms with Crippen LogP contribution in [-0.2, 0) is 33.3 Å². The lowest BCUT2D eigenvalue weighted by molar-refractivity contribution is -0.870. The second-order valence-electron chi connectivity index (χ2n) is 29.4. The highest BCUT2D eigenvalue weighted by molar-refractivity contribution is 5.71. The Morgan fingerprint density at radius 2 is 0.594 bits per heavy atom. The molecule has 0 amide bonds. The maximum absolute atomic E-state index is 13.0. The van der Waals surface area contributed by atoms with E-state index in [-0.39, 0.29) is 38.2 Å². The van der Waals surface area contributed by atoms with Gasteiger partial charge >= 0.3 is 17.9 Å². The minimum atomic E-state index is -1.51. The topological polar surface area (TPSA) is 108 Å². The van der Waals surface area contributed by atoms with E-state index in [1.165, 1.54) is 302 Å². The highest BCUT2D eigenvalue weighted by Crippen LogP contribution is 2.20. The van der Waals surface area contributed by atoms with Crippen molar-refractivity contribution < 1.29 is 42.9 Å². The normalized spacial score (nSPS) is 13.0. The fraction of sp³-hybridized carbons (Fsp3) is 0.828. The third kappa shape index (κ3) is 78.1. The van der Waals surface area contributed by atoms with Gasteiger partial charge in [0, 0.05) is 12.8 Å². The number of carbonyl (C=O) groups excluding carboxylic acids is 2.